The largest absolute Gasteiger partial charge is 0.494 e. The molecule has 3 aliphatic rings. The zero-order chi connectivity index (χ0) is 24.6. The van der Waals surface area contributed by atoms with E-state index in [1.165, 1.54) is 11.3 Å². The fraction of sp³-hybridized carbons (Fsp3) is 0.519. The van der Waals surface area contributed by atoms with Gasteiger partial charge >= 0.3 is 0 Å². The van der Waals surface area contributed by atoms with E-state index in [2.05, 4.69) is 0 Å². The monoisotopic (exact) mass is 512 g/mol. The lowest BCUT2D eigenvalue weighted by atomic mass is 9.77. The van der Waals surface area contributed by atoms with Gasteiger partial charge in [-0.2, -0.15) is 0 Å². The Labute approximate surface area is 215 Å². The Balaban J connectivity index is 1.23. The van der Waals surface area contributed by atoms with E-state index in [-0.39, 0.29) is 23.0 Å². The van der Waals surface area contributed by atoms with E-state index in [0.29, 0.717) is 31.7 Å². The topological polar surface area (TPSA) is 66.9 Å². The number of hydrogen-bond acceptors (Lipinski definition) is 6. The molecule has 186 valence electrons. The lowest BCUT2D eigenvalue weighted by molar-refractivity contribution is 0.0566. The highest BCUT2D eigenvalue weighted by atomic mass is 32.2. The second kappa shape index (κ2) is 9.97. The molecule has 3 heterocycles. The first-order valence-corrected chi connectivity index (χ1v) is 14.5. The van der Waals surface area contributed by atoms with Crippen LogP contribution in [0.1, 0.15) is 75.0 Å². The van der Waals surface area contributed by atoms with Crippen molar-refractivity contribution in [3.8, 4) is 5.75 Å². The number of ether oxygens (including phenoxy) is 1. The predicted molar refractivity (Wildman–Crippen MR) is 139 cm³/mol. The van der Waals surface area contributed by atoms with Crippen molar-refractivity contribution in [1.82, 2.24) is 9.80 Å². The van der Waals surface area contributed by atoms with E-state index < -0.39 is 0 Å². The molecule has 1 spiro atoms. The third kappa shape index (κ3) is 4.62. The van der Waals surface area contributed by atoms with Crippen molar-refractivity contribution in [2.45, 2.75) is 49.7 Å². The van der Waals surface area contributed by atoms with Crippen LogP contribution in [0, 0.1) is 5.41 Å². The number of ketones is 1. The Morgan fingerprint density at radius 1 is 1.03 bits per heavy atom. The van der Waals surface area contributed by atoms with Crippen LogP contribution in [-0.2, 0) is 6.42 Å². The number of nitrogens with zero attached hydrogens (tertiary/aromatic N) is 2. The number of carbonyl (C=O) groups excluding carboxylic acids is 3. The van der Waals surface area contributed by atoms with Gasteiger partial charge in [0.15, 0.2) is 5.78 Å². The standard InChI is InChI=1S/C27H32N2O4S2/c1-3-33-19-9-7-18(8-10-19)24(31)28-14-11-27(12-15-28)13-16-29(17-27)25(32)23-20-5-4-6-21(30)22(20)26(34-2)35-23/h7-10H,3-6,11-17H2,1-2H3. The summed E-state index contributed by atoms with van der Waals surface area (Å²) in [4.78, 5) is 43.8. The highest BCUT2D eigenvalue weighted by Gasteiger charge is 2.44. The molecule has 0 N–H and O–H groups in total. The third-order valence-electron chi connectivity index (χ3n) is 7.71. The smallest absolute Gasteiger partial charge is 0.264 e. The van der Waals surface area contributed by atoms with Crippen LogP contribution in [0.3, 0.4) is 0 Å². The lowest BCUT2D eigenvalue weighted by Gasteiger charge is -2.39. The number of carbonyl (C=O) groups is 3. The van der Waals surface area contributed by atoms with E-state index >= 15 is 0 Å². The van der Waals surface area contributed by atoms with Crippen molar-refractivity contribution < 1.29 is 19.1 Å². The first-order chi connectivity index (χ1) is 16.9. The van der Waals surface area contributed by atoms with Crippen LogP contribution in [0.2, 0.25) is 0 Å². The van der Waals surface area contributed by atoms with Crippen molar-refractivity contribution in [3.63, 3.8) is 0 Å². The van der Waals surface area contributed by atoms with Gasteiger partial charge in [-0.1, -0.05) is 0 Å². The fourth-order valence-electron chi connectivity index (χ4n) is 5.72. The molecule has 0 atom stereocenters. The van der Waals surface area contributed by atoms with Crippen LogP contribution < -0.4 is 4.74 Å². The molecular formula is C27H32N2O4S2. The van der Waals surface area contributed by atoms with Crippen LogP contribution in [0.4, 0.5) is 0 Å². The van der Waals surface area contributed by atoms with Gasteiger partial charge in [0.05, 0.1) is 15.7 Å². The Morgan fingerprint density at radius 2 is 1.71 bits per heavy atom. The molecule has 0 unspecified atom stereocenters. The van der Waals surface area contributed by atoms with E-state index in [1.54, 1.807) is 11.8 Å². The zero-order valence-corrected chi connectivity index (χ0v) is 22.1. The summed E-state index contributed by atoms with van der Waals surface area (Å²) in [6.45, 7) is 5.47. The average molecular weight is 513 g/mol. The van der Waals surface area contributed by atoms with Crippen LogP contribution >= 0.6 is 23.1 Å². The SMILES string of the molecule is CCOc1ccc(C(=O)N2CCC3(CC2)CCN(C(=O)c2sc(SC)c4c2CCCC4=O)C3)cc1. The van der Waals surface area contributed by atoms with Crippen LogP contribution in [0.5, 0.6) is 5.75 Å². The van der Waals surface area contributed by atoms with Gasteiger partial charge in [0.1, 0.15) is 5.75 Å². The quantitative estimate of drug-likeness (QED) is 0.518. The summed E-state index contributed by atoms with van der Waals surface area (Å²) in [7, 11) is 0. The number of hydrogen-bond donors (Lipinski definition) is 0. The highest BCUT2D eigenvalue weighted by molar-refractivity contribution is 8.00. The van der Waals surface area contributed by atoms with Crippen LogP contribution in [-0.4, -0.2) is 66.4 Å². The molecular weight excluding hydrogens is 480 g/mol. The molecule has 2 amide bonds. The second-order valence-corrected chi connectivity index (χ2v) is 11.9. The van der Waals surface area contributed by atoms with Gasteiger partial charge in [-0.15, -0.1) is 23.1 Å². The van der Waals surface area contributed by atoms with Gasteiger partial charge < -0.3 is 14.5 Å². The number of benzene rings is 1. The second-order valence-electron chi connectivity index (χ2n) is 9.78. The molecule has 2 fully saturated rings. The molecule has 35 heavy (non-hydrogen) atoms. The Bertz CT molecular complexity index is 1130. The van der Waals surface area contributed by atoms with Gasteiger partial charge in [0.2, 0.25) is 0 Å². The van der Waals surface area contributed by atoms with Crippen LogP contribution in [0.15, 0.2) is 28.5 Å². The molecule has 6 nitrogen and oxygen atoms in total. The molecule has 1 aromatic heterocycles. The maximum atomic E-state index is 13.6. The number of amides is 2. The molecule has 0 radical (unpaired) electrons. The molecule has 2 aliphatic heterocycles. The highest BCUT2D eigenvalue weighted by Crippen LogP contribution is 2.44. The maximum Gasteiger partial charge on any atom is 0.264 e. The van der Waals surface area contributed by atoms with E-state index in [1.807, 2.05) is 47.2 Å². The first-order valence-electron chi connectivity index (χ1n) is 12.5. The molecule has 1 aliphatic carbocycles. The number of rotatable bonds is 5. The summed E-state index contributed by atoms with van der Waals surface area (Å²) in [6, 6.07) is 7.37. The summed E-state index contributed by atoms with van der Waals surface area (Å²) < 4.78 is 6.47. The minimum absolute atomic E-state index is 0.0632. The van der Waals surface area contributed by atoms with Gasteiger partial charge in [0, 0.05) is 43.7 Å². The summed E-state index contributed by atoms with van der Waals surface area (Å²) in [5, 5.41) is 0. The number of likely N-dealkylation sites (tertiary alicyclic amines) is 2. The lowest BCUT2D eigenvalue weighted by Crippen LogP contribution is -2.44. The molecule has 5 rings (SSSR count). The number of thiophene rings is 1. The first kappa shape index (κ1) is 24.4. The van der Waals surface area contributed by atoms with Gasteiger partial charge in [-0.3, -0.25) is 14.4 Å². The molecule has 0 saturated carbocycles. The molecule has 2 aromatic rings. The van der Waals surface area contributed by atoms with Crippen molar-refractivity contribution in [2.24, 2.45) is 5.41 Å². The van der Waals surface area contributed by atoms with Gasteiger partial charge in [-0.05, 0) is 80.5 Å². The summed E-state index contributed by atoms with van der Waals surface area (Å²) in [5.74, 6) is 1.12. The minimum atomic E-state index is 0.0632. The molecule has 8 heteroatoms. The molecule has 2 saturated heterocycles. The number of Topliss-reactive ketones (excluding diaryl/α,β-unsaturated/α-hetero) is 1. The summed E-state index contributed by atoms with van der Waals surface area (Å²) in [5.41, 5.74) is 2.57. The van der Waals surface area contributed by atoms with Crippen molar-refractivity contribution in [2.75, 3.05) is 39.0 Å². The number of piperidine rings is 1. The van der Waals surface area contributed by atoms with E-state index in [9.17, 15) is 14.4 Å². The van der Waals surface area contributed by atoms with Gasteiger partial charge in [-0.25, -0.2) is 0 Å². The Morgan fingerprint density at radius 3 is 2.37 bits per heavy atom. The Kier molecular flexibility index (Phi) is 6.95. The normalized spacial score (nSPS) is 19.2. The predicted octanol–water partition coefficient (Wildman–Crippen LogP) is 5.16. The summed E-state index contributed by atoms with van der Waals surface area (Å²) >= 11 is 3.08. The number of fused-ring (bicyclic) bond motifs is 1. The Hall–Kier alpha value is -2.32. The average Bonchev–Trinajstić information content (AvgIpc) is 3.47. The number of thioether (sulfide) groups is 1. The fourth-order valence-corrected chi connectivity index (χ4v) is 7.81. The third-order valence-corrected chi connectivity index (χ3v) is 10.1. The maximum absolute atomic E-state index is 13.6. The van der Waals surface area contributed by atoms with Gasteiger partial charge in [0.25, 0.3) is 11.8 Å². The van der Waals surface area contributed by atoms with Crippen molar-refractivity contribution in [1.29, 1.82) is 0 Å². The minimum Gasteiger partial charge on any atom is -0.494 e. The van der Waals surface area contributed by atoms with Crippen molar-refractivity contribution >= 4 is 40.7 Å². The molecule has 0 bridgehead atoms. The zero-order valence-electron chi connectivity index (χ0n) is 20.4. The van der Waals surface area contributed by atoms with E-state index in [4.69, 9.17) is 4.74 Å². The van der Waals surface area contributed by atoms with Crippen molar-refractivity contribution in [3.05, 3.63) is 45.8 Å². The summed E-state index contributed by atoms with van der Waals surface area (Å²) in [6.07, 6.45) is 7.03. The van der Waals surface area contributed by atoms with E-state index in [0.717, 1.165) is 71.2 Å². The molecule has 1 aromatic carbocycles. The van der Waals surface area contributed by atoms with Crippen LogP contribution in [0.25, 0.3) is 0 Å².